The zero-order chi connectivity index (χ0) is 28.1. The van der Waals surface area contributed by atoms with E-state index in [1.54, 1.807) is 37.7 Å². The van der Waals surface area contributed by atoms with Gasteiger partial charge in [-0.2, -0.15) is 4.98 Å². The van der Waals surface area contributed by atoms with E-state index >= 15 is 0 Å². The van der Waals surface area contributed by atoms with Crippen molar-refractivity contribution >= 4 is 44.1 Å². The molecule has 4 aromatic rings. The quantitative estimate of drug-likeness (QED) is 0.361. The van der Waals surface area contributed by atoms with Crippen LogP contribution in [0.2, 0.25) is 0 Å². The third-order valence-corrected chi connectivity index (χ3v) is 9.35. The number of fused-ring (bicyclic) bond motifs is 2. The van der Waals surface area contributed by atoms with E-state index in [0.717, 1.165) is 47.7 Å². The highest BCUT2D eigenvalue weighted by atomic mass is 32.2. The fourth-order valence-electron chi connectivity index (χ4n) is 5.52. The summed E-state index contributed by atoms with van der Waals surface area (Å²) in [5.74, 6) is 1.42. The van der Waals surface area contributed by atoms with Gasteiger partial charge in [0.15, 0.2) is 5.82 Å². The van der Waals surface area contributed by atoms with Crippen LogP contribution in [0.4, 0.5) is 23.1 Å². The van der Waals surface area contributed by atoms with Crippen LogP contribution < -0.4 is 24.6 Å². The van der Waals surface area contributed by atoms with Crippen LogP contribution >= 0.6 is 0 Å². The molecule has 6 rings (SSSR count). The Hall–Kier alpha value is -3.96. The molecule has 2 aliphatic rings. The molecule has 10 nitrogen and oxygen atoms in total. The van der Waals surface area contributed by atoms with E-state index < -0.39 is 15.4 Å². The summed E-state index contributed by atoms with van der Waals surface area (Å²) in [6.07, 6.45) is 3.32. The largest absolute Gasteiger partial charge is 0.495 e. The molecule has 1 fully saturated rings. The van der Waals surface area contributed by atoms with Gasteiger partial charge in [-0.15, -0.1) is 0 Å². The summed E-state index contributed by atoms with van der Waals surface area (Å²) in [5.41, 5.74) is 2.52. The Labute approximate surface area is 234 Å². The van der Waals surface area contributed by atoms with Gasteiger partial charge >= 0.3 is 0 Å². The highest BCUT2D eigenvalue weighted by molar-refractivity contribution is 7.93. The van der Waals surface area contributed by atoms with Gasteiger partial charge in [0.2, 0.25) is 5.95 Å². The van der Waals surface area contributed by atoms with Crippen molar-refractivity contribution in [2.24, 2.45) is 0 Å². The first-order valence-corrected chi connectivity index (χ1v) is 14.8. The van der Waals surface area contributed by atoms with Crippen molar-refractivity contribution in [1.82, 2.24) is 20.3 Å². The molecule has 2 aromatic heterocycles. The number of sulfonamides is 1. The van der Waals surface area contributed by atoms with E-state index in [1.165, 1.54) is 4.31 Å². The van der Waals surface area contributed by atoms with Crippen molar-refractivity contribution in [3.8, 4) is 5.75 Å². The van der Waals surface area contributed by atoms with Gasteiger partial charge in [0.25, 0.3) is 10.0 Å². The van der Waals surface area contributed by atoms with Gasteiger partial charge in [0.05, 0.1) is 18.3 Å². The molecule has 0 saturated carbocycles. The Morgan fingerprint density at radius 1 is 1.12 bits per heavy atom. The first-order valence-electron chi connectivity index (χ1n) is 13.3. The van der Waals surface area contributed by atoms with E-state index in [-0.39, 0.29) is 11.4 Å². The zero-order valence-electron chi connectivity index (χ0n) is 23.0. The van der Waals surface area contributed by atoms with E-state index in [4.69, 9.17) is 9.72 Å². The van der Waals surface area contributed by atoms with Gasteiger partial charge in [0, 0.05) is 72.7 Å². The average molecular weight is 560 g/mol. The van der Waals surface area contributed by atoms with Crippen LogP contribution in [0.25, 0.3) is 10.9 Å². The molecule has 0 aliphatic carbocycles. The highest BCUT2D eigenvalue weighted by Gasteiger charge is 2.43. The second-order valence-electron chi connectivity index (χ2n) is 11.0. The Morgan fingerprint density at radius 2 is 1.95 bits per heavy atom. The number of hydrogen-bond donors (Lipinski definition) is 2. The molecule has 0 bridgehead atoms. The number of pyridine rings is 1. The summed E-state index contributed by atoms with van der Waals surface area (Å²) in [5, 5.41) is 7.47. The second-order valence-corrected chi connectivity index (χ2v) is 12.8. The van der Waals surface area contributed by atoms with Crippen LogP contribution in [0, 0.1) is 0 Å². The molecule has 0 amide bonds. The topological polar surface area (TPSA) is 113 Å². The minimum atomic E-state index is -3.95. The minimum Gasteiger partial charge on any atom is -0.495 e. The molecule has 0 spiro atoms. The molecule has 11 heteroatoms. The molecule has 1 unspecified atom stereocenters. The van der Waals surface area contributed by atoms with Crippen LogP contribution in [0.15, 0.2) is 65.8 Å². The van der Waals surface area contributed by atoms with Crippen molar-refractivity contribution < 1.29 is 13.2 Å². The van der Waals surface area contributed by atoms with Gasteiger partial charge in [0.1, 0.15) is 10.6 Å². The molecular formula is C29H33N7O3S. The van der Waals surface area contributed by atoms with Crippen molar-refractivity contribution in [3.63, 3.8) is 0 Å². The smallest absolute Gasteiger partial charge is 0.267 e. The fourth-order valence-corrected chi connectivity index (χ4v) is 7.28. The minimum absolute atomic E-state index is 0.157. The number of anilines is 4. The third-order valence-electron chi connectivity index (χ3n) is 7.58. The lowest BCUT2D eigenvalue weighted by molar-refractivity contribution is 0.410. The maximum atomic E-state index is 14.0. The SMILES string of the molecule is COc1cc(Nc2ncc3c(n2)N(S(=O)(=O)c2cccc4cccnc24)CC3(C)C)ccc1N1CCNC(C)C1. The van der Waals surface area contributed by atoms with Gasteiger partial charge in [-0.05, 0) is 31.2 Å². The fraction of sp³-hybridized carbons (Fsp3) is 0.345. The molecule has 0 radical (unpaired) electrons. The van der Waals surface area contributed by atoms with Crippen LogP contribution in [-0.4, -0.2) is 62.7 Å². The molecule has 2 N–H and O–H groups in total. The summed E-state index contributed by atoms with van der Waals surface area (Å²) >= 11 is 0. The third kappa shape index (κ3) is 4.58. The number of aromatic nitrogens is 3. The maximum absolute atomic E-state index is 14.0. The first-order chi connectivity index (χ1) is 19.2. The number of hydrogen-bond acceptors (Lipinski definition) is 9. The van der Waals surface area contributed by atoms with E-state index in [9.17, 15) is 8.42 Å². The summed E-state index contributed by atoms with van der Waals surface area (Å²) in [4.78, 5) is 16.1. The van der Waals surface area contributed by atoms with Crippen molar-refractivity contribution in [2.75, 3.05) is 47.8 Å². The van der Waals surface area contributed by atoms with Crippen molar-refractivity contribution in [3.05, 3.63) is 66.5 Å². The number of ether oxygens (including phenoxy) is 1. The molecule has 1 saturated heterocycles. The molecule has 40 heavy (non-hydrogen) atoms. The molecular weight excluding hydrogens is 526 g/mol. The summed E-state index contributed by atoms with van der Waals surface area (Å²) < 4.78 is 35.2. The standard InChI is InChI=1S/C29H33N7O3S/c1-19-17-35(14-13-30-19)23-11-10-21(15-24(23)39-4)33-28-32-16-22-27(34-28)36(18-29(22,2)3)40(37,38)25-9-5-7-20-8-6-12-31-26(20)25/h5-12,15-16,19,30H,13-14,17-18H2,1-4H3,(H,32,33,34). The number of para-hydroxylation sites is 1. The van der Waals surface area contributed by atoms with E-state index in [0.29, 0.717) is 23.3 Å². The van der Waals surface area contributed by atoms with Gasteiger partial charge in [-0.1, -0.05) is 32.0 Å². The van der Waals surface area contributed by atoms with Crippen molar-refractivity contribution in [2.45, 2.75) is 37.1 Å². The molecule has 1 atom stereocenters. The number of methoxy groups -OCH3 is 1. The second kappa shape index (κ2) is 9.90. The van der Waals surface area contributed by atoms with Crippen molar-refractivity contribution in [1.29, 1.82) is 0 Å². The molecule has 2 aliphatic heterocycles. The zero-order valence-corrected chi connectivity index (χ0v) is 23.9. The first kappa shape index (κ1) is 26.3. The van der Waals surface area contributed by atoms with Gasteiger partial charge < -0.3 is 20.3 Å². The van der Waals surface area contributed by atoms with Gasteiger partial charge in [-0.3, -0.25) is 4.98 Å². The molecule has 208 valence electrons. The Morgan fingerprint density at radius 3 is 2.75 bits per heavy atom. The van der Waals surface area contributed by atoms with Crippen LogP contribution in [0.3, 0.4) is 0 Å². The number of nitrogens with one attached hydrogen (secondary N) is 2. The molecule has 4 heterocycles. The monoisotopic (exact) mass is 559 g/mol. The number of benzene rings is 2. The lowest BCUT2D eigenvalue weighted by Gasteiger charge is -2.34. The van der Waals surface area contributed by atoms with E-state index in [2.05, 4.69) is 32.4 Å². The summed E-state index contributed by atoms with van der Waals surface area (Å²) in [6, 6.07) is 15.1. The van der Waals surface area contributed by atoms with Gasteiger partial charge in [-0.25, -0.2) is 17.7 Å². The highest BCUT2D eigenvalue weighted by Crippen LogP contribution is 2.43. The molecule has 2 aromatic carbocycles. The Bertz CT molecular complexity index is 1690. The van der Waals surface area contributed by atoms with Crippen LogP contribution in [0.1, 0.15) is 26.3 Å². The number of rotatable bonds is 6. The predicted molar refractivity (Wildman–Crippen MR) is 157 cm³/mol. The lowest BCUT2D eigenvalue weighted by Crippen LogP contribution is -2.49. The Balaban J connectivity index is 1.34. The number of piperazine rings is 1. The number of nitrogens with zero attached hydrogens (tertiary/aromatic N) is 5. The average Bonchev–Trinajstić information content (AvgIpc) is 3.23. The summed E-state index contributed by atoms with van der Waals surface area (Å²) in [6.45, 7) is 9.12. The maximum Gasteiger partial charge on any atom is 0.267 e. The van der Waals surface area contributed by atoms with Crippen LogP contribution in [-0.2, 0) is 15.4 Å². The predicted octanol–water partition coefficient (Wildman–Crippen LogP) is 4.06. The normalized spacial score (nSPS) is 18.6. The lowest BCUT2D eigenvalue weighted by atomic mass is 9.89. The Kier molecular flexibility index (Phi) is 6.50. The summed E-state index contributed by atoms with van der Waals surface area (Å²) in [7, 11) is -2.29. The van der Waals surface area contributed by atoms with Crippen LogP contribution in [0.5, 0.6) is 5.75 Å². The van der Waals surface area contributed by atoms with E-state index in [1.807, 2.05) is 44.2 Å².